The Hall–Kier alpha value is -0.650. The van der Waals surface area contributed by atoms with E-state index < -0.39 is 0 Å². The molecule has 1 unspecified atom stereocenters. The maximum atomic E-state index is 11.1. The van der Waals surface area contributed by atoms with Gasteiger partial charge < -0.3 is 9.80 Å². The minimum atomic E-state index is -0.0694. The van der Waals surface area contributed by atoms with Crippen molar-refractivity contribution in [3.8, 4) is 0 Å². The number of nitrogens with one attached hydrogen (secondary N) is 1. The molecule has 0 aromatic rings. The number of amides is 1. The van der Waals surface area contributed by atoms with Crippen LogP contribution in [-0.2, 0) is 4.79 Å². The molecule has 1 saturated heterocycles. The third kappa shape index (κ3) is 4.61. The van der Waals surface area contributed by atoms with Gasteiger partial charge in [-0.2, -0.15) is 0 Å². The molecule has 1 heterocycles. The third-order valence-corrected chi connectivity index (χ3v) is 3.80. The number of carbonyl (C=O) groups excluding carboxylic acids is 1. The first-order valence-corrected chi connectivity index (χ1v) is 6.44. The van der Waals surface area contributed by atoms with Crippen molar-refractivity contribution in [3.63, 3.8) is 0 Å². The number of hydrogen-bond donors (Lipinski definition) is 2. The Morgan fingerprint density at radius 2 is 2.06 bits per heavy atom. The molecule has 17 heavy (non-hydrogen) atoms. The van der Waals surface area contributed by atoms with Gasteiger partial charge in [-0.25, -0.2) is 5.84 Å². The lowest BCUT2D eigenvalue weighted by atomic mass is 10.0. The fourth-order valence-corrected chi connectivity index (χ4v) is 2.44. The summed E-state index contributed by atoms with van der Waals surface area (Å²) in [5, 5.41) is 0. The highest BCUT2D eigenvalue weighted by atomic mass is 16.2. The summed E-state index contributed by atoms with van der Waals surface area (Å²) in [5.41, 5.74) is 2.18. The molecule has 5 nitrogen and oxygen atoms in total. The number of piperidine rings is 1. The molecule has 0 bridgehead atoms. The normalized spacial score (nSPS) is 20.5. The van der Waals surface area contributed by atoms with Crippen LogP contribution in [0.25, 0.3) is 0 Å². The molecule has 0 radical (unpaired) electrons. The topological polar surface area (TPSA) is 61.6 Å². The van der Waals surface area contributed by atoms with Crippen LogP contribution in [0.1, 0.15) is 32.6 Å². The smallest absolute Gasteiger partial charge is 0.233 e. The molecule has 1 fully saturated rings. The lowest BCUT2D eigenvalue weighted by Crippen LogP contribution is -2.45. The van der Waals surface area contributed by atoms with E-state index in [1.54, 1.807) is 0 Å². The lowest BCUT2D eigenvalue weighted by Gasteiger charge is -2.38. The van der Waals surface area contributed by atoms with Crippen molar-refractivity contribution < 1.29 is 4.79 Å². The Morgan fingerprint density at radius 1 is 1.47 bits per heavy atom. The molecule has 100 valence electrons. The van der Waals surface area contributed by atoms with Crippen molar-refractivity contribution in [1.29, 1.82) is 0 Å². The maximum absolute atomic E-state index is 11.1. The fraction of sp³-hybridized carbons (Fsp3) is 0.917. The summed E-state index contributed by atoms with van der Waals surface area (Å²) < 4.78 is 0. The lowest BCUT2D eigenvalue weighted by molar-refractivity contribution is -0.121. The SMILES string of the molecule is CC(CCC(=O)NN)N1CCC(N(C)C)CC1. The van der Waals surface area contributed by atoms with E-state index in [2.05, 4.69) is 36.2 Å². The molecule has 3 N–H and O–H groups in total. The Kier molecular flexibility index (Phi) is 5.88. The molecule has 0 saturated carbocycles. The highest BCUT2D eigenvalue weighted by Crippen LogP contribution is 2.18. The summed E-state index contributed by atoms with van der Waals surface area (Å²) in [4.78, 5) is 15.9. The number of carbonyl (C=O) groups is 1. The van der Waals surface area contributed by atoms with E-state index in [0.717, 1.165) is 19.5 Å². The molecular weight excluding hydrogens is 216 g/mol. The van der Waals surface area contributed by atoms with Crippen LogP contribution in [0.2, 0.25) is 0 Å². The van der Waals surface area contributed by atoms with Crippen LogP contribution < -0.4 is 11.3 Å². The Labute approximate surface area is 104 Å². The summed E-state index contributed by atoms with van der Waals surface area (Å²) in [5.74, 6) is 5.00. The van der Waals surface area contributed by atoms with Crippen molar-refractivity contribution in [2.24, 2.45) is 5.84 Å². The van der Waals surface area contributed by atoms with Gasteiger partial charge >= 0.3 is 0 Å². The first-order valence-electron chi connectivity index (χ1n) is 6.44. The highest BCUT2D eigenvalue weighted by molar-refractivity contribution is 5.75. The first kappa shape index (κ1) is 14.4. The van der Waals surface area contributed by atoms with Gasteiger partial charge in [-0.05, 0) is 53.4 Å². The van der Waals surface area contributed by atoms with Crippen LogP contribution in [0.15, 0.2) is 0 Å². The number of nitrogens with two attached hydrogens (primary N) is 1. The second-order valence-corrected chi connectivity index (χ2v) is 5.19. The zero-order valence-corrected chi connectivity index (χ0v) is 11.3. The standard InChI is InChI=1S/C12H26N4O/c1-10(4-5-12(17)14-13)16-8-6-11(7-9-16)15(2)3/h10-11H,4-9,13H2,1-3H3,(H,14,17). The summed E-state index contributed by atoms with van der Waals surface area (Å²) in [6.07, 6.45) is 3.85. The molecule has 0 spiro atoms. The minimum Gasteiger partial charge on any atom is -0.306 e. The zero-order valence-electron chi connectivity index (χ0n) is 11.3. The predicted molar refractivity (Wildman–Crippen MR) is 69.3 cm³/mol. The van der Waals surface area contributed by atoms with Crippen molar-refractivity contribution >= 4 is 5.91 Å². The van der Waals surface area contributed by atoms with Gasteiger partial charge in [0.2, 0.25) is 5.91 Å². The van der Waals surface area contributed by atoms with Crippen LogP contribution in [0, 0.1) is 0 Å². The molecular formula is C12H26N4O. The maximum Gasteiger partial charge on any atom is 0.233 e. The van der Waals surface area contributed by atoms with Gasteiger partial charge in [0.15, 0.2) is 0 Å². The summed E-state index contributed by atoms with van der Waals surface area (Å²) in [7, 11) is 4.30. The Balaban J connectivity index is 2.26. The Bertz CT molecular complexity index is 237. The summed E-state index contributed by atoms with van der Waals surface area (Å²) >= 11 is 0. The molecule has 1 amide bonds. The number of rotatable bonds is 5. The van der Waals surface area contributed by atoms with Gasteiger partial charge in [0.05, 0.1) is 0 Å². The van der Waals surface area contributed by atoms with Gasteiger partial charge in [-0.1, -0.05) is 0 Å². The molecule has 1 aliphatic heterocycles. The van der Waals surface area contributed by atoms with Crippen LogP contribution >= 0.6 is 0 Å². The molecule has 1 atom stereocenters. The second-order valence-electron chi connectivity index (χ2n) is 5.19. The van der Waals surface area contributed by atoms with E-state index in [1.165, 1.54) is 12.8 Å². The van der Waals surface area contributed by atoms with Crippen molar-refractivity contribution in [1.82, 2.24) is 15.2 Å². The average Bonchev–Trinajstić information content (AvgIpc) is 2.35. The molecule has 5 heteroatoms. The number of nitrogens with zero attached hydrogens (tertiary/aromatic N) is 2. The van der Waals surface area contributed by atoms with Gasteiger partial charge in [0, 0.05) is 18.5 Å². The number of likely N-dealkylation sites (tertiary alicyclic amines) is 1. The van der Waals surface area contributed by atoms with Gasteiger partial charge in [0.1, 0.15) is 0 Å². The predicted octanol–water partition coefficient (Wildman–Crippen LogP) is 0.171. The van der Waals surface area contributed by atoms with E-state index in [1.807, 2.05) is 0 Å². The van der Waals surface area contributed by atoms with Crippen molar-refractivity contribution in [2.75, 3.05) is 27.2 Å². The first-order chi connectivity index (χ1) is 8.04. The minimum absolute atomic E-state index is 0.0694. The van der Waals surface area contributed by atoms with Crippen LogP contribution in [0.4, 0.5) is 0 Å². The van der Waals surface area contributed by atoms with Crippen molar-refractivity contribution in [2.45, 2.75) is 44.7 Å². The van der Waals surface area contributed by atoms with Gasteiger partial charge in [-0.3, -0.25) is 10.2 Å². The summed E-state index contributed by atoms with van der Waals surface area (Å²) in [6, 6.07) is 1.18. The Morgan fingerprint density at radius 3 is 2.53 bits per heavy atom. The monoisotopic (exact) mass is 242 g/mol. The number of hydrazine groups is 1. The van der Waals surface area contributed by atoms with E-state index >= 15 is 0 Å². The fourth-order valence-electron chi connectivity index (χ4n) is 2.44. The number of hydrogen-bond acceptors (Lipinski definition) is 4. The third-order valence-electron chi connectivity index (χ3n) is 3.80. The molecule has 1 aliphatic rings. The average molecular weight is 242 g/mol. The van der Waals surface area contributed by atoms with Crippen LogP contribution in [0.5, 0.6) is 0 Å². The zero-order chi connectivity index (χ0) is 12.8. The van der Waals surface area contributed by atoms with Crippen LogP contribution in [-0.4, -0.2) is 55.0 Å². The van der Waals surface area contributed by atoms with E-state index in [9.17, 15) is 4.79 Å². The van der Waals surface area contributed by atoms with Crippen LogP contribution in [0.3, 0.4) is 0 Å². The highest BCUT2D eigenvalue weighted by Gasteiger charge is 2.23. The largest absolute Gasteiger partial charge is 0.306 e. The molecule has 0 aromatic carbocycles. The van der Waals surface area contributed by atoms with E-state index in [0.29, 0.717) is 18.5 Å². The quantitative estimate of drug-likeness (QED) is 0.410. The summed E-state index contributed by atoms with van der Waals surface area (Å²) in [6.45, 7) is 4.46. The van der Waals surface area contributed by atoms with E-state index in [4.69, 9.17) is 5.84 Å². The van der Waals surface area contributed by atoms with E-state index in [-0.39, 0.29) is 5.91 Å². The molecule has 1 rings (SSSR count). The second kappa shape index (κ2) is 6.93. The van der Waals surface area contributed by atoms with Crippen molar-refractivity contribution in [3.05, 3.63) is 0 Å². The van der Waals surface area contributed by atoms with Gasteiger partial charge in [-0.15, -0.1) is 0 Å². The molecule has 0 aromatic heterocycles. The molecule has 0 aliphatic carbocycles. The van der Waals surface area contributed by atoms with Gasteiger partial charge in [0.25, 0.3) is 0 Å².